The Kier molecular flexibility index (Phi) is 5.39. The van der Waals surface area contributed by atoms with E-state index in [1.54, 1.807) is 0 Å². The smallest absolute Gasteiger partial charge is 0.170 e. The number of hydrogen-bond donors (Lipinski definition) is 1. The average molecular weight is 365 g/mol. The van der Waals surface area contributed by atoms with Crippen LogP contribution in [0, 0.1) is 5.92 Å². The highest BCUT2D eigenvalue weighted by atomic mass is 16.5. The van der Waals surface area contributed by atoms with Crippen LogP contribution in [0.25, 0.3) is 0 Å². The molecule has 0 unspecified atom stereocenters. The molecule has 0 aliphatic carbocycles. The third-order valence-electron chi connectivity index (χ3n) is 5.96. The van der Waals surface area contributed by atoms with Gasteiger partial charge in [0, 0.05) is 31.8 Å². The fourth-order valence-corrected chi connectivity index (χ4v) is 4.42. The zero-order valence-electron chi connectivity index (χ0n) is 15.6. The average Bonchev–Trinajstić information content (AvgIpc) is 3.23. The predicted octanol–water partition coefficient (Wildman–Crippen LogP) is 3.26. The number of carbonyl (C=O) groups is 1. The minimum atomic E-state index is -1.14. The number of carbonyl (C=O) groups excluding carboxylic acids is 1. The van der Waals surface area contributed by atoms with Gasteiger partial charge in [-0.25, -0.2) is 0 Å². The molecular weight excluding hydrogens is 338 g/mol. The van der Waals surface area contributed by atoms with Crippen LogP contribution in [0.1, 0.15) is 35.2 Å². The van der Waals surface area contributed by atoms with E-state index in [2.05, 4.69) is 4.90 Å². The van der Waals surface area contributed by atoms with Crippen LogP contribution in [0.2, 0.25) is 0 Å². The second kappa shape index (κ2) is 7.93. The van der Waals surface area contributed by atoms with E-state index in [4.69, 9.17) is 4.74 Å². The summed E-state index contributed by atoms with van der Waals surface area (Å²) in [5, 5.41) is 11.6. The Morgan fingerprint density at radius 2 is 1.81 bits per heavy atom. The van der Waals surface area contributed by atoms with Crippen LogP contribution in [0.5, 0.6) is 0 Å². The molecule has 0 radical (unpaired) electrons. The van der Waals surface area contributed by atoms with Gasteiger partial charge in [-0.15, -0.1) is 0 Å². The van der Waals surface area contributed by atoms with E-state index in [1.165, 1.54) is 0 Å². The van der Waals surface area contributed by atoms with Gasteiger partial charge in [-0.2, -0.15) is 0 Å². The fourth-order valence-electron chi connectivity index (χ4n) is 4.42. The maximum atomic E-state index is 13.4. The molecule has 1 N–H and O–H groups in total. The largest absolute Gasteiger partial charge is 0.384 e. The normalized spacial score (nSPS) is 28.9. The predicted molar refractivity (Wildman–Crippen MR) is 105 cm³/mol. The van der Waals surface area contributed by atoms with E-state index in [0.717, 1.165) is 38.1 Å². The number of rotatable bonds is 5. The van der Waals surface area contributed by atoms with Crippen LogP contribution < -0.4 is 0 Å². The van der Waals surface area contributed by atoms with Crippen LogP contribution in [-0.2, 0) is 10.3 Å². The first-order valence-electron chi connectivity index (χ1n) is 9.88. The number of nitrogens with zero attached hydrogens (tertiary/aromatic N) is 1. The van der Waals surface area contributed by atoms with E-state index < -0.39 is 11.5 Å². The van der Waals surface area contributed by atoms with Crippen LogP contribution in [0.4, 0.5) is 0 Å². The molecule has 142 valence electrons. The van der Waals surface area contributed by atoms with Gasteiger partial charge < -0.3 is 9.84 Å². The van der Waals surface area contributed by atoms with E-state index in [-0.39, 0.29) is 11.9 Å². The van der Waals surface area contributed by atoms with Gasteiger partial charge in [0.2, 0.25) is 0 Å². The van der Waals surface area contributed by atoms with Crippen LogP contribution in [-0.4, -0.2) is 48.1 Å². The highest BCUT2D eigenvalue weighted by Crippen LogP contribution is 2.39. The SMILES string of the molecule is O=C(c1ccccc1)[C@@H]1CN(C[C@@H]2CCCO2)CC[C@@]1(O)c1ccccc1. The molecule has 2 aromatic rings. The summed E-state index contributed by atoms with van der Waals surface area (Å²) >= 11 is 0. The molecule has 27 heavy (non-hydrogen) atoms. The summed E-state index contributed by atoms with van der Waals surface area (Å²) in [5.41, 5.74) is 0.355. The Labute approximate surface area is 160 Å². The highest BCUT2D eigenvalue weighted by molar-refractivity contribution is 5.99. The molecular formula is C23H27NO3. The van der Waals surface area contributed by atoms with Gasteiger partial charge in [0.1, 0.15) is 5.60 Å². The number of aliphatic hydroxyl groups is 1. The van der Waals surface area contributed by atoms with Gasteiger partial charge in [0.25, 0.3) is 0 Å². The minimum Gasteiger partial charge on any atom is -0.384 e. The van der Waals surface area contributed by atoms with Crippen molar-refractivity contribution in [2.75, 3.05) is 26.2 Å². The number of benzene rings is 2. The second-order valence-electron chi connectivity index (χ2n) is 7.72. The van der Waals surface area contributed by atoms with Gasteiger partial charge in [0.15, 0.2) is 5.78 Å². The number of piperidine rings is 1. The molecule has 2 saturated heterocycles. The molecule has 3 atom stereocenters. The van der Waals surface area contributed by atoms with Gasteiger partial charge in [-0.05, 0) is 24.8 Å². The fraction of sp³-hybridized carbons (Fsp3) is 0.435. The number of hydrogen-bond acceptors (Lipinski definition) is 4. The van der Waals surface area contributed by atoms with Crippen LogP contribution in [0.3, 0.4) is 0 Å². The Bertz CT molecular complexity index is 758. The van der Waals surface area contributed by atoms with Gasteiger partial charge in [0.05, 0.1) is 12.0 Å². The zero-order valence-corrected chi connectivity index (χ0v) is 15.6. The maximum absolute atomic E-state index is 13.4. The molecule has 2 aliphatic rings. The lowest BCUT2D eigenvalue weighted by Gasteiger charge is -2.44. The number of ketones is 1. The highest BCUT2D eigenvalue weighted by Gasteiger charge is 2.47. The monoisotopic (exact) mass is 365 g/mol. The molecule has 0 spiro atoms. The van der Waals surface area contributed by atoms with E-state index in [9.17, 15) is 9.90 Å². The third kappa shape index (κ3) is 3.84. The molecule has 2 fully saturated rings. The zero-order chi connectivity index (χ0) is 18.7. The molecule has 0 aromatic heterocycles. The van der Waals surface area contributed by atoms with Crippen molar-refractivity contribution in [3.63, 3.8) is 0 Å². The lowest BCUT2D eigenvalue weighted by molar-refractivity contribution is -0.0711. The maximum Gasteiger partial charge on any atom is 0.170 e. The van der Waals surface area contributed by atoms with Crippen molar-refractivity contribution in [3.05, 3.63) is 71.8 Å². The number of ether oxygens (including phenoxy) is 1. The summed E-state index contributed by atoms with van der Waals surface area (Å²) in [6.07, 6.45) is 2.99. The summed E-state index contributed by atoms with van der Waals surface area (Å²) in [6, 6.07) is 19.0. The lowest BCUT2D eigenvalue weighted by atomic mass is 9.72. The summed E-state index contributed by atoms with van der Waals surface area (Å²) in [5.74, 6) is -0.476. The van der Waals surface area contributed by atoms with Gasteiger partial charge >= 0.3 is 0 Å². The molecule has 0 amide bonds. The summed E-state index contributed by atoms with van der Waals surface area (Å²) in [6.45, 7) is 2.99. The molecule has 2 heterocycles. The summed E-state index contributed by atoms with van der Waals surface area (Å²) in [7, 11) is 0. The molecule has 4 nitrogen and oxygen atoms in total. The Morgan fingerprint density at radius 3 is 2.48 bits per heavy atom. The number of Topliss-reactive ketones (excluding diaryl/α,β-unsaturated/α-hetero) is 1. The first-order valence-corrected chi connectivity index (χ1v) is 9.88. The Morgan fingerprint density at radius 1 is 1.11 bits per heavy atom. The second-order valence-corrected chi connectivity index (χ2v) is 7.72. The van der Waals surface area contributed by atoms with Gasteiger partial charge in [-0.3, -0.25) is 9.69 Å². The third-order valence-corrected chi connectivity index (χ3v) is 5.96. The standard InChI is InChI=1S/C23H27NO3/c25-22(18-8-3-1-4-9-18)21-17-24(16-20-12-7-15-27-20)14-13-23(21,26)19-10-5-2-6-11-19/h1-6,8-11,20-21,26H,7,12-17H2/t20-,21-,23+/m0/s1. The van der Waals surface area contributed by atoms with E-state index in [1.807, 2.05) is 60.7 Å². The molecule has 2 aromatic carbocycles. The molecule has 4 heteroatoms. The van der Waals surface area contributed by atoms with E-state index >= 15 is 0 Å². The van der Waals surface area contributed by atoms with Crippen molar-refractivity contribution in [2.24, 2.45) is 5.92 Å². The van der Waals surface area contributed by atoms with Crippen LogP contribution in [0.15, 0.2) is 60.7 Å². The Balaban J connectivity index is 1.61. The Hall–Kier alpha value is -2.01. The minimum absolute atomic E-state index is 0.0130. The van der Waals surface area contributed by atoms with Crippen molar-refractivity contribution in [3.8, 4) is 0 Å². The first-order chi connectivity index (χ1) is 13.2. The van der Waals surface area contributed by atoms with Gasteiger partial charge in [-0.1, -0.05) is 60.7 Å². The van der Waals surface area contributed by atoms with Crippen molar-refractivity contribution in [2.45, 2.75) is 31.0 Å². The lowest BCUT2D eigenvalue weighted by Crippen LogP contribution is -2.54. The summed E-state index contributed by atoms with van der Waals surface area (Å²) in [4.78, 5) is 15.6. The first kappa shape index (κ1) is 18.4. The van der Waals surface area contributed by atoms with Crippen LogP contribution >= 0.6 is 0 Å². The molecule has 2 aliphatic heterocycles. The van der Waals surface area contributed by atoms with E-state index in [0.29, 0.717) is 18.5 Å². The van der Waals surface area contributed by atoms with Crippen molar-refractivity contribution < 1.29 is 14.6 Å². The van der Waals surface area contributed by atoms with Crippen molar-refractivity contribution >= 4 is 5.78 Å². The molecule has 0 saturated carbocycles. The van der Waals surface area contributed by atoms with Crippen molar-refractivity contribution in [1.29, 1.82) is 0 Å². The topological polar surface area (TPSA) is 49.8 Å². The molecule has 0 bridgehead atoms. The number of likely N-dealkylation sites (tertiary alicyclic amines) is 1. The van der Waals surface area contributed by atoms with Crippen molar-refractivity contribution in [1.82, 2.24) is 4.90 Å². The molecule has 4 rings (SSSR count). The summed E-state index contributed by atoms with van der Waals surface area (Å²) < 4.78 is 5.78. The quantitative estimate of drug-likeness (QED) is 0.827.